The molecule has 0 radical (unpaired) electrons. The Balaban J connectivity index is 2.64. The molecule has 0 saturated carbocycles. The van der Waals surface area contributed by atoms with Gasteiger partial charge >= 0.3 is 0 Å². The lowest BCUT2D eigenvalue weighted by atomic mass is 10.1. The van der Waals surface area contributed by atoms with Crippen molar-refractivity contribution in [2.45, 2.75) is 13.8 Å². The van der Waals surface area contributed by atoms with Gasteiger partial charge in [-0.25, -0.2) is 0 Å². The highest BCUT2D eigenvalue weighted by atomic mass is 16.5. The van der Waals surface area contributed by atoms with Gasteiger partial charge in [0.1, 0.15) is 12.4 Å². The van der Waals surface area contributed by atoms with Crippen LogP contribution in [0.2, 0.25) is 0 Å². The first-order valence-electron chi connectivity index (χ1n) is 4.38. The number of aryl methyl sites for hydroxylation is 2. The van der Waals surface area contributed by atoms with E-state index in [2.05, 4.69) is 5.43 Å². The fourth-order valence-electron chi connectivity index (χ4n) is 1.24. The predicted molar refractivity (Wildman–Crippen MR) is 53.6 cm³/mol. The zero-order chi connectivity index (χ0) is 9.68. The van der Waals surface area contributed by atoms with Gasteiger partial charge in [0.2, 0.25) is 0 Å². The molecule has 0 aliphatic carbocycles. The van der Waals surface area contributed by atoms with Crippen molar-refractivity contribution in [1.82, 2.24) is 5.43 Å². The van der Waals surface area contributed by atoms with Crippen LogP contribution in [0.3, 0.4) is 0 Å². The van der Waals surface area contributed by atoms with E-state index >= 15 is 0 Å². The highest BCUT2D eigenvalue weighted by Crippen LogP contribution is 2.21. The van der Waals surface area contributed by atoms with E-state index in [1.54, 1.807) is 0 Å². The van der Waals surface area contributed by atoms with Crippen LogP contribution in [0.15, 0.2) is 18.2 Å². The van der Waals surface area contributed by atoms with Crippen molar-refractivity contribution in [1.29, 1.82) is 0 Å². The minimum Gasteiger partial charge on any atom is -0.492 e. The molecule has 0 amide bonds. The topological polar surface area (TPSA) is 47.3 Å². The van der Waals surface area contributed by atoms with E-state index in [1.165, 1.54) is 0 Å². The molecule has 0 fully saturated rings. The van der Waals surface area contributed by atoms with E-state index in [4.69, 9.17) is 10.6 Å². The van der Waals surface area contributed by atoms with Crippen molar-refractivity contribution in [2.75, 3.05) is 13.2 Å². The molecule has 72 valence electrons. The lowest BCUT2D eigenvalue weighted by molar-refractivity contribution is 0.311. The third kappa shape index (κ3) is 2.72. The zero-order valence-electron chi connectivity index (χ0n) is 8.13. The summed E-state index contributed by atoms with van der Waals surface area (Å²) < 4.78 is 5.57. The lowest BCUT2D eigenvalue weighted by Crippen LogP contribution is -2.27. The molecule has 1 rings (SSSR count). The minimum absolute atomic E-state index is 0.599. The lowest BCUT2D eigenvalue weighted by Gasteiger charge is -2.11. The number of nitrogens with two attached hydrogens (primary N) is 1. The molecule has 1 aromatic carbocycles. The molecule has 0 bridgehead atoms. The normalized spacial score (nSPS) is 10.1. The van der Waals surface area contributed by atoms with Gasteiger partial charge < -0.3 is 4.74 Å². The van der Waals surface area contributed by atoms with Gasteiger partial charge in [0.05, 0.1) is 0 Å². The molecule has 3 nitrogen and oxygen atoms in total. The largest absolute Gasteiger partial charge is 0.492 e. The summed E-state index contributed by atoms with van der Waals surface area (Å²) in [5.41, 5.74) is 4.88. The molecule has 0 heterocycles. The minimum atomic E-state index is 0.599. The summed E-state index contributed by atoms with van der Waals surface area (Å²) in [7, 11) is 0. The molecule has 3 heteroatoms. The molecule has 0 unspecified atom stereocenters. The summed E-state index contributed by atoms with van der Waals surface area (Å²) in [6.07, 6.45) is 0. The van der Waals surface area contributed by atoms with E-state index in [0.717, 1.165) is 16.9 Å². The Hall–Kier alpha value is -1.06. The van der Waals surface area contributed by atoms with Crippen molar-refractivity contribution in [3.63, 3.8) is 0 Å². The van der Waals surface area contributed by atoms with Gasteiger partial charge in [-0.3, -0.25) is 11.3 Å². The summed E-state index contributed by atoms with van der Waals surface area (Å²) in [5.74, 6) is 6.11. The van der Waals surface area contributed by atoms with Crippen molar-refractivity contribution in [3.8, 4) is 5.75 Å². The van der Waals surface area contributed by atoms with Crippen LogP contribution in [-0.4, -0.2) is 13.2 Å². The first kappa shape index (κ1) is 10.0. The maximum Gasteiger partial charge on any atom is 0.125 e. The quantitative estimate of drug-likeness (QED) is 0.415. The summed E-state index contributed by atoms with van der Waals surface area (Å²) >= 11 is 0. The van der Waals surface area contributed by atoms with Crippen molar-refractivity contribution in [3.05, 3.63) is 29.3 Å². The SMILES string of the molecule is Cc1cccc(C)c1OCCNN. The number of nitrogens with one attached hydrogen (secondary N) is 1. The molecule has 0 atom stereocenters. The molecule has 0 aliphatic rings. The van der Waals surface area contributed by atoms with Crippen LogP contribution in [0.4, 0.5) is 0 Å². The van der Waals surface area contributed by atoms with Crippen LogP contribution >= 0.6 is 0 Å². The van der Waals surface area contributed by atoms with E-state index in [1.807, 2.05) is 32.0 Å². The van der Waals surface area contributed by atoms with E-state index < -0.39 is 0 Å². The molecule has 1 aromatic rings. The number of ether oxygens (including phenoxy) is 1. The summed E-state index contributed by atoms with van der Waals surface area (Å²) in [6.45, 7) is 5.34. The zero-order valence-corrected chi connectivity index (χ0v) is 8.13. The summed E-state index contributed by atoms with van der Waals surface area (Å²) in [6, 6.07) is 6.11. The molecular weight excluding hydrogens is 164 g/mol. The third-order valence-corrected chi connectivity index (χ3v) is 1.90. The number of rotatable bonds is 4. The van der Waals surface area contributed by atoms with Crippen molar-refractivity contribution >= 4 is 0 Å². The summed E-state index contributed by atoms with van der Waals surface area (Å²) in [4.78, 5) is 0. The molecule has 0 aliphatic heterocycles. The molecule has 13 heavy (non-hydrogen) atoms. The van der Waals surface area contributed by atoms with Crippen molar-refractivity contribution < 1.29 is 4.74 Å². The van der Waals surface area contributed by atoms with E-state index in [-0.39, 0.29) is 0 Å². The molecule has 3 N–H and O–H groups in total. The average molecular weight is 180 g/mol. The standard InChI is InChI=1S/C10H16N2O/c1-8-4-3-5-9(2)10(8)13-7-6-12-11/h3-5,12H,6-7,11H2,1-2H3. The Morgan fingerprint density at radius 2 is 1.92 bits per heavy atom. The van der Waals surface area contributed by atoms with Gasteiger partial charge in [-0.05, 0) is 25.0 Å². The highest BCUT2D eigenvalue weighted by Gasteiger charge is 2.01. The predicted octanol–water partition coefficient (Wildman–Crippen LogP) is 1.15. The van der Waals surface area contributed by atoms with Gasteiger partial charge in [0.25, 0.3) is 0 Å². The first-order chi connectivity index (χ1) is 6.25. The number of para-hydroxylation sites is 1. The van der Waals surface area contributed by atoms with Crippen LogP contribution in [0, 0.1) is 13.8 Å². The highest BCUT2D eigenvalue weighted by molar-refractivity contribution is 5.39. The smallest absolute Gasteiger partial charge is 0.125 e. The first-order valence-corrected chi connectivity index (χ1v) is 4.38. The molecule has 0 spiro atoms. The van der Waals surface area contributed by atoms with Crippen molar-refractivity contribution in [2.24, 2.45) is 5.84 Å². The van der Waals surface area contributed by atoms with Crippen LogP contribution < -0.4 is 16.0 Å². The molecule has 0 saturated heterocycles. The number of hydrogen-bond donors (Lipinski definition) is 2. The van der Waals surface area contributed by atoms with Gasteiger partial charge in [-0.1, -0.05) is 18.2 Å². The number of benzene rings is 1. The Bertz CT molecular complexity index is 253. The van der Waals surface area contributed by atoms with Crippen LogP contribution in [-0.2, 0) is 0 Å². The fourth-order valence-corrected chi connectivity index (χ4v) is 1.24. The van der Waals surface area contributed by atoms with Crippen LogP contribution in [0.1, 0.15) is 11.1 Å². The monoisotopic (exact) mass is 180 g/mol. The maximum absolute atomic E-state index is 5.57. The second-order valence-corrected chi connectivity index (χ2v) is 3.02. The second kappa shape index (κ2) is 4.84. The van der Waals surface area contributed by atoms with Gasteiger partial charge in [-0.15, -0.1) is 0 Å². The van der Waals surface area contributed by atoms with Crippen LogP contribution in [0.25, 0.3) is 0 Å². The fraction of sp³-hybridized carbons (Fsp3) is 0.400. The Morgan fingerprint density at radius 1 is 1.31 bits per heavy atom. The number of hydrogen-bond acceptors (Lipinski definition) is 3. The Morgan fingerprint density at radius 3 is 2.46 bits per heavy atom. The van der Waals surface area contributed by atoms with Gasteiger partial charge in [0, 0.05) is 6.54 Å². The van der Waals surface area contributed by atoms with Gasteiger partial charge in [-0.2, -0.15) is 0 Å². The third-order valence-electron chi connectivity index (χ3n) is 1.90. The Labute approximate surface area is 78.9 Å². The molecule has 0 aromatic heterocycles. The maximum atomic E-state index is 5.57. The van der Waals surface area contributed by atoms with E-state index in [9.17, 15) is 0 Å². The second-order valence-electron chi connectivity index (χ2n) is 3.02. The Kier molecular flexibility index (Phi) is 3.73. The van der Waals surface area contributed by atoms with Gasteiger partial charge in [0.15, 0.2) is 0 Å². The average Bonchev–Trinajstić information content (AvgIpc) is 2.10. The summed E-state index contributed by atoms with van der Waals surface area (Å²) in [5, 5.41) is 0. The number of hydrazine groups is 1. The van der Waals surface area contributed by atoms with E-state index in [0.29, 0.717) is 13.2 Å². The molecular formula is C10H16N2O. The van der Waals surface area contributed by atoms with Crippen LogP contribution in [0.5, 0.6) is 5.75 Å².